The van der Waals surface area contributed by atoms with E-state index in [1.807, 2.05) is 74.5 Å². The first-order chi connectivity index (χ1) is 15.5. The molecule has 0 fully saturated rings. The zero-order valence-electron chi connectivity index (χ0n) is 17.9. The van der Waals surface area contributed by atoms with Gasteiger partial charge in [-0.25, -0.2) is 13.6 Å². The first kappa shape index (κ1) is 22.9. The van der Waals surface area contributed by atoms with Crippen LogP contribution in [-0.2, 0) is 16.1 Å². The molecule has 0 spiro atoms. The van der Waals surface area contributed by atoms with Crippen LogP contribution in [0, 0.1) is 11.6 Å². The van der Waals surface area contributed by atoms with E-state index in [0.717, 1.165) is 34.6 Å². The number of esters is 1. The average molecular weight is 434 g/mol. The molecule has 1 aliphatic heterocycles. The van der Waals surface area contributed by atoms with Crippen molar-refractivity contribution in [2.24, 2.45) is 0 Å². The van der Waals surface area contributed by atoms with Crippen LogP contribution in [-0.4, -0.2) is 12.1 Å². The minimum absolute atomic E-state index is 0.284. The van der Waals surface area contributed by atoms with Gasteiger partial charge in [-0.15, -0.1) is 0 Å². The molecule has 1 aliphatic rings. The number of benzene rings is 3. The molecule has 0 amide bonds. The summed E-state index contributed by atoms with van der Waals surface area (Å²) in [6.45, 7) is 4.25. The third-order valence-corrected chi connectivity index (χ3v) is 4.77. The molecular weight excluding hydrogens is 410 g/mol. The molecule has 1 atom stereocenters. The Bertz CT molecular complexity index is 1100. The van der Waals surface area contributed by atoms with Gasteiger partial charge in [0.15, 0.2) is 11.6 Å². The summed E-state index contributed by atoms with van der Waals surface area (Å²) in [4.78, 5) is 12.1. The van der Waals surface area contributed by atoms with Crippen molar-refractivity contribution >= 4 is 11.5 Å². The predicted molar refractivity (Wildman–Crippen MR) is 121 cm³/mol. The highest BCUT2D eigenvalue weighted by Gasteiger charge is 2.31. The van der Waals surface area contributed by atoms with Gasteiger partial charge in [-0.05, 0) is 37.6 Å². The zero-order chi connectivity index (χ0) is 22.9. The minimum Gasteiger partial charge on any atom is -0.488 e. The Balaban J connectivity index is 0.000000305. The van der Waals surface area contributed by atoms with E-state index in [-0.39, 0.29) is 12.1 Å². The maximum absolute atomic E-state index is 12.1. The summed E-state index contributed by atoms with van der Waals surface area (Å²) in [5.74, 6) is -1.13. The van der Waals surface area contributed by atoms with Crippen molar-refractivity contribution in [3.05, 3.63) is 119 Å². The van der Waals surface area contributed by atoms with Gasteiger partial charge in [0, 0.05) is 11.1 Å². The SMILES string of the molecule is C/C=C/C1=C(c2ccccc2OCc2ccccc2)C(C)OC1=O.Fc1ccccc1F. The largest absolute Gasteiger partial charge is 0.488 e. The van der Waals surface area contributed by atoms with Gasteiger partial charge in [0.2, 0.25) is 0 Å². The van der Waals surface area contributed by atoms with Gasteiger partial charge < -0.3 is 9.47 Å². The van der Waals surface area contributed by atoms with Crippen molar-refractivity contribution in [3.63, 3.8) is 0 Å². The fraction of sp³-hybridized carbons (Fsp3) is 0.148. The van der Waals surface area contributed by atoms with Crippen LogP contribution in [0.3, 0.4) is 0 Å². The van der Waals surface area contributed by atoms with Crippen LogP contribution in [0.1, 0.15) is 25.0 Å². The lowest BCUT2D eigenvalue weighted by atomic mass is 9.96. The summed E-state index contributed by atoms with van der Waals surface area (Å²) in [7, 11) is 0. The number of ether oxygens (including phenoxy) is 2. The van der Waals surface area contributed by atoms with E-state index in [1.54, 1.807) is 6.08 Å². The van der Waals surface area contributed by atoms with Crippen LogP contribution < -0.4 is 4.74 Å². The Morgan fingerprint density at radius 2 is 1.50 bits per heavy atom. The summed E-state index contributed by atoms with van der Waals surface area (Å²) >= 11 is 0. The number of hydrogen-bond acceptors (Lipinski definition) is 3. The molecule has 5 heteroatoms. The molecular formula is C27H24F2O3. The highest BCUT2D eigenvalue weighted by Crippen LogP contribution is 2.37. The van der Waals surface area contributed by atoms with Crippen molar-refractivity contribution in [2.45, 2.75) is 26.6 Å². The van der Waals surface area contributed by atoms with Crippen LogP contribution >= 0.6 is 0 Å². The molecule has 1 unspecified atom stereocenters. The van der Waals surface area contributed by atoms with E-state index in [4.69, 9.17) is 9.47 Å². The van der Waals surface area contributed by atoms with Gasteiger partial charge in [-0.1, -0.05) is 72.8 Å². The van der Waals surface area contributed by atoms with Crippen molar-refractivity contribution in [1.29, 1.82) is 0 Å². The molecule has 164 valence electrons. The molecule has 3 nitrogen and oxygen atoms in total. The molecule has 0 N–H and O–H groups in total. The fourth-order valence-corrected chi connectivity index (χ4v) is 3.29. The van der Waals surface area contributed by atoms with E-state index in [9.17, 15) is 13.6 Å². The summed E-state index contributed by atoms with van der Waals surface area (Å²) in [6, 6.07) is 22.8. The molecule has 0 saturated carbocycles. The van der Waals surface area contributed by atoms with E-state index in [1.165, 1.54) is 12.1 Å². The lowest BCUT2D eigenvalue weighted by Gasteiger charge is -2.15. The lowest BCUT2D eigenvalue weighted by molar-refractivity contribution is -0.138. The number of hydrogen-bond donors (Lipinski definition) is 0. The van der Waals surface area contributed by atoms with Crippen LogP contribution in [0.2, 0.25) is 0 Å². The zero-order valence-corrected chi connectivity index (χ0v) is 17.9. The number of carbonyl (C=O) groups is 1. The van der Waals surface area contributed by atoms with Crippen LogP contribution in [0.15, 0.2) is 96.6 Å². The molecule has 0 saturated heterocycles. The number of para-hydroxylation sites is 1. The van der Waals surface area contributed by atoms with Crippen LogP contribution in [0.25, 0.3) is 5.57 Å². The van der Waals surface area contributed by atoms with Gasteiger partial charge >= 0.3 is 5.97 Å². The minimum atomic E-state index is -0.799. The standard InChI is InChI=1S/C21H20O3.C6H4F2/c1-3-9-18-20(15(2)24-21(18)22)17-12-7-8-13-19(17)23-14-16-10-5-4-6-11-16;7-5-3-1-2-4-6(5)8/h3-13,15H,14H2,1-2H3;1-4H/b9-3+;. The van der Waals surface area contributed by atoms with Crippen LogP contribution in [0.5, 0.6) is 5.75 Å². The van der Waals surface area contributed by atoms with Gasteiger partial charge in [0.25, 0.3) is 0 Å². The normalized spacial score (nSPS) is 15.4. The first-order valence-electron chi connectivity index (χ1n) is 10.2. The molecule has 4 rings (SSSR count). The Morgan fingerprint density at radius 1 is 0.906 bits per heavy atom. The number of halogens is 2. The predicted octanol–water partition coefficient (Wildman–Crippen LogP) is 6.51. The lowest BCUT2D eigenvalue weighted by Crippen LogP contribution is -2.06. The molecule has 32 heavy (non-hydrogen) atoms. The molecule has 3 aromatic carbocycles. The first-order valence-corrected chi connectivity index (χ1v) is 10.2. The third-order valence-electron chi connectivity index (χ3n) is 4.77. The molecule has 0 bridgehead atoms. The van der Waals surface area contributed by atoms with E-state index < -0.39 is 11.6 Å². The maximum Gasteiger partial charge on any atom is 0.339 e. The summed E-state index contributed by atoms with van der Waals surface area (Å²) < 4.78 is 35.3. The number of carbonyl (C=O) groups excluding carboxylic acids is 1. The Kier molecular flexibility index (Phi) is 7.92. The summed E-state index contributed by atoms with van der Waals surface area (Å²) in [5.41, 5.74) is 3.48. The molecule has 1 heterocycles. The maximum atomic E-state index is 12.1. The third kappa shape index (κ3) is 5.70. The Morgan fingerprint density at radius 3 is 2.12 bits per heavy atom. The van der Waals surface area contributed by atoms with E-state index in [2.05, 4.69) is 0 Å². The second-order valence-corrected chi connectivity index (χ2v) is 7.06. The number of allylic oxidation sites excluding steroid dienone is 1. The van der Waals surface area contributed by atoms with Gasteiger partial charge in [0.1, 0.15) is 18.5 Å². The second-order valence-electron chi connectivity index (χ2n) is 7.06. The Labute approximate surface area is 186 Å². The summed E-state index contributed by atoms with van der Waals surface area (Å²) in [5, 5.41) is 0. The summed E-state index contributed by atoms with van der Waals surface area (Å²) in [6.07, 6.45) is 3.36. The fourth-order valence-electron chi connectivity index (χ4n) is 3.29. The highest BCUT2D eigenvalue weighted by atomic mass is 19.2. The van der Waals surface area contributed by atoms with E-state index >= 15 is 0 Å². The van der Waals surface area contributed by atoms with Crippen molar-refractivity contribution in [1.82, 2.24) is 0 Å². The highest BCUT2D eigenvalue weighted by molar-refractivity contribution is 6.05. The molecule has 0 aliphatic carbocycles. The number of rotatable bonds is 5. The van der Waals surface area contributed by atoms with Crippen molar-refractivity contribution < 1.29 is 23.0 Å². The van der Waals surface area contributed by atoms with Crippen LogP contribution in [0.4, 0.5) is 8.78 Å². The monoisotopic (exact) mass is 434 g/mol. The second kappa shape index (κ2) is 11.0. The molecule has 0 aromatic heterocycles. The smallest absolute Gasteiger partial charge is 0.339 e. The molecule has 0 radical (unpaired) electrons. The van der Waals surface area contributed by atoms with Crippen molar-refractivity contribution in [2.75, 3.05) is 0 Å². The quantitative estimate of drug-likeness (QED) is 0.430. The topological polar surface area (TPSA) is 35.5 Å². The van der Waals surface area contributed by atoms with E-state index in [0.29, 0.717) is 12.2 Å². The average Bonchev–Trinajstić information content (AvgIpc) is 3.08. The van der Waals surface area contributed by atoms with Gasteiger partial charge in [-0.2, -0.15) is 0 Å². The Hall–Kier alpha value is -3.73. The van der Waals surface area contributed by atoms with Gasteiger partial charge in [0.05, 0.1) is 5.57 Å². The number of cyclic esters (lactones) is 1. The molecule has 3 aromatic rings. The van der Waals surface area contributed by atoms with Crippen molar-refractivity contribution in [3.8, 4) is 5.75 Å². The van der Waals surface area contributed by atoms with Gasteiger partial charge in [-0.3, -0.25) is 0 Å².